The second kappa shape index (κ2) is 5.68. The molecule has 0 heterocycles. The van der Waals surface area contributed by atoms with Crippen LogP contribution in [0.5, 0.6) is 11.5 Å². The lowest BCUT2D eigenvalue weighted by Crippen LogP contribution is -1.87. The monoisotopic (exact) mass is 240 g/mol. The Bertz CT molecular complexity index is 559. The maximum absolute atomic E-state index is 10.4. The Hall–Kier alpha value is -2.55. The highest BCUT2D eigenvalue weighted by Crippen LogP contribution is 2.22. The van der Waals surface area contributed by atoms with Gasteiger partial charge in [0, 0.05) is 6.08 Å². The molecule has 0 aromatic heterocycles. The first-order chi connectivity index (χ1) is 8.74. The summed E-state index contributed by atoms with van der Waals surface area (Å²) in [7, 11) is 0. The third kappa shape index (κ3) is 3.49. The van der Waals surface area contributed by atoms with Crippen LogP contribution in [0.15, 0.2) is 60.7 Å². The molecule has 0 spiro atoms. The van der Waals surface area contributed by atoms with Crippen LogP contribution in [0.25, 0.3) is 6.08 Å². The van der Waals surface area contributed by atoms with Crippen molar-refractivity contribution >= 4 is 12.0 Å². The molecule has 2 rings (SSSR count). The van der Waals surface area contributed by atoms with Gasteiger partial charge in [-0.25, -0.2) is 4.79 Å². The Morgan fingerprint density at radius 3 is 2.44 bits per heavy atom. The van der Waals surface area contributed by atoms with Crippen LogP contribution < -0.4 is 4.74 Å². The van der Waals surface area contributed by atoms with Crippen LogP contribution in [-0.4, -0.2) is 11.1 Å². The minimum Gasteiger partial charge on any atom is -0.478 e. The molecule has 0 aliphatic rings. The van der Waals surface area contributed by atoms with E-state index in [4.69, 9.17) is 9.84 Å². The Morgan fingerprint density at radius 2 is 1.72 bits per heavy atom. The van der Waals surface area contributed by atoms with E-state index in [1.54, 1.807) is 6.07 Å². The minimum absolute atomic E-state index is 0.675. The molecule has 0 fully saturated rings. The van der Waals surface area contributed by atoms with Crippen molar-refractivity contribution in [1.82, 2.24) is 0 Å². The van der Waals surface area contributed by atoms with E-state index in [1.807, 2.05) is 48.5 Å². The van der Waals surface area contributed by atoms with Gasteiger partial charge in [0.05, 0.1) is 0 Å². The van der Waals surface area contributed by atoms with Crippen molar-refractivity contribution in [2.45, 2.75) is 0 Å². The molecule has 3 nitrogen and oxygen atoms in total. The summed E-state index contributed by atoms with van der Waals surface area (Å²) in [6.07, 6.45) is 2.63. The first-order valence-electron chi connectivity index (χ1n) is 5.48. The van der Waals surface area contributed by atoms with Gasteiger partial charge in [-0.2, -0.15) is 0 Å². The van der Waals surface area contributed by atoms with E-state index in [0.717, 1.165) is 17.4 Å². The largest absolute Gasteiger partial charge is 0.478 e. The summed E-state index contributed by atoms with van der Waals surface area (Å²) in [6.45, 7) is 0. The zero-order chi connectivity index (χ0) is 12.8. The van der Waals surface area contributed by atoms with Crippen molar-refractivity contribution in [3.05, 3.63) is 66.2 Å². The Balaban J connectivity index is 2.15. The van der Waals surface area contributed by atoms with Crippen molar-refractivity contribution in [1.29, 1.82) is 0 Å². The van der Waals surface area contributed by atoms with Gasteiger partial charge >= 0.3 is 5.97 Å². The SMILES string of the molecule is O=C(O)/C=C/c1cccc(Oc2ccccc2)c1. The topological polar surface area (TPSA) is 46.5 Å². The summed E-state index contributed by atoms with van der Waals surface area (Å²) in [5.41, 5.74) is 0.783. The molecule has 0 bridgehead atoms. The zero-order valence-corrected chi connectivity index (χ0v) is 9.61. The average Bonchev–Trinajstić information content (AvgIpc) is 2.38. The van der Waals surface area contributed by atoms with Crippen LogP contribution in [0.2, 0.25) is 0 Å². The predicted molar refractivity (Wildman–Crippen MR) is 69.6 cm³/mol. The van der Waals surface area contributed by atoms with E-state index in [2.05, 4.69) is 0 Å². The molecule has 0 aliphatic carbocycles. The number of para-hydroxylation sites is 1. The normalized spacial score (nSPS) is 10.4. The fraction of sp³-hybridized carbons (Fsp3) is 0. The number of hydrogen-bond acceptors (Lipinski definition) is 2. The fourth-order valence-electron chi connectivity index (χ4n) is 1.47. The van der Waals surface area contributed by atoms with E-state index in [1.165, 1.54) is 6.08 Å². The van der Waals surface area contributed by atoms with Crippen LogP contribution >= 0.6 is 0 Å². The van der Waals surface area contributed by atoms with E-state index in [-0.39, 0.29) is 0 Å². The molecule has 3 heteroatoms. The van der Waals surface area contributed by atoms with Gasteiger partial charge < -0.3 is 9.84 Å². The van der Waals surface area contributed by atoms with Gasteiger partial charge in [0.2, 0.25) is 0 Å². The van der Waals surface area contributed by atoms with Gasteiger partial charge in [-0.3, -0.25) is 0 Å². The molecule has 0 radical (unpaired) electrons. The number of carboxylic acid groups (broad SMARTS) is 1. The number of aliphatic carboxylic acids is 1. The smallest absolute Gasteiger partial charge is 0.328 e. The summed E-state index contributed by atoms with van der Waals surface area (Å²) < 4.78 is 5.64. The molecular formula is C15H12O3. The number of carboxylic acids is 1. The maximum Gasteiger partial charge on any atom is 0.328 e. The fourth-order valence-corrected chi connectivity index (χ4v) is 1.47. The van der Waals surface area contributed by atoms with E-state index >= 15 is 0 Å². The molecule has 0 unspecified atom stereocenters. The van der Waals surface area contributed by atoms with Crippen LogP contribution in [-0.2, 0) is 4.79 Å². The highest BCUT2D eigenvalue weighted by atomic mass is 16.5. The van der Waals surface area contributed by atoms with Crippen molar-refractivity contribution in [2.75, 3.05) is 0 Å². The van der Waals surface area contributed by atoms with Gasteiger partial charge in [-0.15, -0.1) is 0 Å². The van der Waals surface area contributed by atoms with Gasteiger partial charge in [0.15, 0.2) is 0 Å². The average molecular weight is 240 g/mol. The molecule has 0 aliphatic heterocycles. The molecular weight excluding hydrogens is 228 g/mol. The van der Waals surface area contributed by atoms with Gasteiger partial charge in [0.25, 0.3) is 0 Å². The number of benzene rings is 2. The molecule has 2 aromatic carbocycles. The second-order valence-electron chi connectivity index (χ2n) is 3.66. The Labute approximate surface area is 105 Å². The number of hydrogen-bond donors (Lipinski definition) is 1. The third-order valence-electron chi connectivity index (χ3n) is 2.26. The standard InChI is InChI=1S/C15H12O3/c16-15(17)10-9-12-5-4-8-14(11-12)18-13-6-2-1-3-7-13/h1-11H,(H,16,17)/b10-9+. The molecule has 0 saturated heterocycles. The lowest BCUT2D eigenvalue weighted by atomic mass is 10.2. The summed E-state index contributed by atoms with van der Waals surface area (Å²) in [4.78, 5) is 10.4. The summed E-state index contributed by atoms with van der Waals surface area (Å²) >= 11 is 0. The second-order valence-corrected chi connectivity index (χ2v) is 3.66. The highest BCUT2D eigenvalue weighted by Gasteiger charge is 1.97. The van der Waals surface area contributed by atoms with Crippen molar-refractivity contribution in [2.24, 2.45) is 0 Å². The number of ether oxygens (including phenoxy) is 1. The highest BCUT2D eigenvalue weighted by molar-refractivity contribution is 5.85. The number of carbonyl (C=O) groups is 1. The van der Waals surface area contributed by atoms with Crippen molar-refractivity contribution < 1.29 is 14.6 Å². The van der Waals surface area contributed by atoms with Crippen LogP contribution in [0.1, 0.15) is 5.56 Å². The first-order valence-corrected chi connectivity index (χ1v) is 5.48. The molecule has 1 N–H and O–H groups in total. The van der Waals surface area contributed by atoms with Crippen LogP contribution in [0.3, 0.4) is 0 Å². The third-order valence-corrected chi connectivity index (χ3v) is 2.26. The van der Waals surface area contributed by atoms with Gasteiger partial charge in [-0.1, -0.05) is 30.3 Å². The minimum atomic E-state index is -0.968. The maximum atomic E-state index is 10.4. The van der Waals surface area contributed by atoms with E-state index in [9.17, 15) is 4.79 Å². The van der Waals surface area contributed by atoms with Crippen LogP contribution in [0, 0.1) is 0 Å². The van der Waals surface area contributed by atoms with Crippen molar-refractivity contribution in [3.63, 3.8) is 0 Å². The predicted octanol–water partition coefficient (Wildman–Crippen LogP) is 3.58. The van der Waals surface area contributed by atoms with E-state index < -0.39 is 5.97 Å². The molecule has 18 heavy (non-hydrogen) atoms. The lowest BCUT2D eigenvalue weighted by Gasteiger charge is -2.05. The Morgan fingerprint density at radius 1 is 1.00 bits per heavy atom. The molecule has 0 amide bonds. The number of rotatable bonds is 4. The zero-order valence-electron chi connectivity index (χ0n) is 9.61. The first kappa shape index (κ1) is 11.9. The molecule has 0 atom stereocenters. The Kier molecular flexibility index (Phi) is 3.76. The summed E-state index contributed by atoms with van der Waals surface area (Å²) in [5.74, 6) is 0.454. The van der Waals surface area contributed by atoms with Gasteiger partial charge in [-0.05, 0) is 35.9 Å². The quantitative estimate of drug-likeness (QED) is 0.831. The molecule has 2 aromatic rings. The molecule has 0 saturated carbocycles. The van der Waals surface area contributed by atoms with Gasteiger partial charge in [0.1, 0.15) is 11.5 Å². The summed E-state index contributed by atoms with van der Waals surface area (Å²) in [6, 6.07) is 16.7. The van der Waals surface area contributed by atoms with E-state index in [0.29, 0.717) is 5.75 Å². The summed E-state index contributed by atoms with van der Waals surface area (Å²) in [5, 5.41) is 8.56. The van der Waals surface area contributed by atoms with Crippen molar-refractivity contribution in [3.8, 4) is 11.5 Å². The van der Waals surface area contributed by atoms with Crippen LogP contribution in [0.4, 0.5) is 0 Å². The molecule has 90 valence electrons. The lowest BCUT2D eigenvalue weighted by molar-refractivity contribution is -0.131.